The van der Waals surface area contributed by atoms with Crippen LogP contribution in [0.15, 0.2) is 59.0 Å². The SMILES string of the molecule is COc1cc(Nc2nc3cccc(-c4ccc(CCNS(=O)[O-])cc4)c3o2)cc(OC)c1OC. The molecule has 0 saturated carbocycles. The van der Waals surface area contributed by atoms with E-state index >= 15 is 0 Å². The maximum absolute atomic E-state index is 10.6. The standard InChI is InChI=1S/C24H25N3O6S/c1-30-20-13-17(14-21(31-2)23(20)32-3)26-24-27-19-6-4-5-18(22(19)33-24)16-9-7-15(8-10-16)11-12-25-34(28)29/h4-10,13-14,25H,11-12H2,1-3H3,(H,26,27)(H,28,29)/p-1. The van der Waals surface area contributed by atoms with Crippen LogP contribution in [0.3, 0.4) is 0 Å². The number of anilines is 2. The summed E-state index contributed by atoms with van der Waals surface area (Å²) in [6.07, 6.45) is 0.601. The number of ether oxygens (including phenoxy) is 3. The number of oxazole rings is 1. The lowest BCUT2D eigenvalue weighted by Gasteiger charge is -2.14. The first-order valence-electron chi connectivity index (χ1n) is 10.4. The molecule has 0 bridgehead atoms. The normalized spacial score (nSPS) is 11.9. The van der Waals surface area contributed by atoms with Crippen molar-refractivity contribution in [2.45, 2.75) is 6.42 Å². The first-order valence-corrected chi connectivity index (χ1v) is 11.5. The lowest BCUT2D eigenvalue weighted by atomic mass is 10.0. The molecule has 0 aliphatic carbocycles. The number of methoxy groups -OCH3 is 3. The van der Waals surface area contributed by atoms with E-state index in [1.165, 1.54) is 0 Å². The van der Waals surface area contributed by atoms with Gasteiger partial charge in [0.15, 0.2) is 17.1 Å². The van der Waals surface area contributed by atoms with Gasteiger partial charge >= 0.3 is 0 Å². The Balaban J connectivity index is 1.60. The summed E-state index contributed by atoms with van der Waals surface area (Å²) in [6.45, 7) is 0.350. The Bertz CT molecular complexity index is 1280. The smallest absolute Gasteiger partial charge is 0.300 e. The molecule has 34 heavy (non-hydrogen) atoms. The van der Waals surface area contributed by atoms with E-state index in [0.29, 0.717) is 53.0 Å². The zero-order chi connectivity index (χ0) is 24.1. The number of rotatable bonds is 10. The number of fused-ring (bicyclic) bond motifs is 1. The molecule has 3 aromatic carbocycles. The average molecular weight is 483 g/mol. The molecule has 178 valence electrons. The number of hydrogen-bond acceptors (Lipinski definition) is 8. The van der Waals surface area contributed by atoms with Crippen LogP contribution in [0, 0.1) is 0 Å². The Hall–Kier alpha value is -3.60. The summed E-state index contributed by atoms with van der Waals surface area (Å²) in [7, 11) is 4.66. The topological polar surface area (TPSA) is 118 Å². The monoisotopic (exact) mass is 482 g/mol. The lowest BCUT2D eigenvalue weighted by Crippen LogP contribution is -2.19. The Morgan fingerprint density at radius 2 is 1.71 bits per heavy atom. The molecule has 4 rings (SSSR count). The van der Waals surface area contributed by atoms with Gasteiger partial charge in [0.2, 0.25) is 5.75 Å². The second-order valence-electron chi connectivity index (χ2n) is 7.29. The van der Waals surface area contributed by atoms with Gasteiger partial charge in [0.25, 0.3) is 6.01 Å². The van der Waals surface area contributed by atoms with Gasteiger partial charge < -0.3 is 28.5 Å². The highest BCUT2D eigenvalue weighted by Gasteiger charge is 2.16. The number of aromatic nitrogens is 1. The molecule has 1 unspecified atom stereocenters. The Kier molecular flexibility index (Phi) is 7.31. The lowest BCUT2D eigenvalue weighted by molar-refractivity contribution is 0.324. The first-order chi connectivity index (χ1) is 16.5. The minimum atomic E-state index is -2.25. The van der Waals surface area contributed by atoms with Crippen molar-refractivity contribution in [3.63, 3.8) is 0 Å². The van der Waals surface area contributed by atoms with E-state index < -0.39 is 11.3 Å². The van der Waals surface area contributed by atoms with Crippen LogP contribution in [-0.2, 0) is 17.7 Å². The van der Waals surface area contributed by atoms with Crippen LogP contribution in [0.5, 0.6) is 17.2 Å². The summed E-state index contributed by atoms with van der Waals surface area (Å²) in [5.41, 5.74) is 4.90. The highest BCUT2D eigenvalue weighted by Crippen LogP contribution is 2.41. The molecule has 0 spiro atoms. The van der Waals surface area contributed by atoms with Gasteiger partial charge in [-0.15, -0.1) is 0 Å². The second-order valence-corrected chi connectivity index (χ2v) is 8.05. The molecule has 9 nitrogen and oxygen atoms in total. The van der Waals surface area contributed by atoms with Crippen LogP contribution in [0.4, 0.5) is 11.7 Å². The fourth-order valence-corrected chi connectivity index (χ4v) is 3.90. The number of nitrogens with one attached hydrogen (secondary N) is 2. The summed E-state index contributed by atoms with van der Waals surface area (Å²) in [4.78, 5) is 4.56. The molecule has 0 saturated heterocycles. The van der Waals surface area contributed by atoms with Crippen molar-refractivity contribution in [2.24, 2.45) is 0 Å². The van der Waals surface area contributed by atoms with E-state index in [0.717, 1.165) is 16.7 Å². The van der Waals surface area contributed by atoms with Crippen LogP contribution in [0.2, 0.25) is 0 Å². The third kappa shape index (κ3) is 5.14. The van der Waals surface area contributed by atoms with Crippen LogP contribution in [-0.4, -0.2) is 41.6 Å². The van der Waals surface area contributed by atoms with Gasteiger partial charge in [-0.05, 0) is 23.6 Å². The molecule has 4 aromatic rings. The Morgan fingerprint density at radius 1 is 1.00 bits per heavy atom. The summed E-state index contributed by atoms with van der Waals surface area (Å²) in [5, 5.41) is 3.16. The van der Waals surface area contributed by atoms with E-state index in [1.54, 1.807) is 33.5 Å². The molecule has 1 heterocycles. The summed E-state index contributed by atoms with van der Waals surface area (Å²) in [5.74, 6) is 1.52. The van der Waals surface area contributed by atoms with Gasteiger partial charge in [-0.3, -0.25) is 4.21 Å². The molecular weight excluding hydrogens is 458 g/mol. The highest BCUT2D eigenvalue weighted by atomic mass is 32.2. The minimum Gasteiger partial charge on any atom is -0.760 e. The van der Waals surface area contributed by atoms with Crippen molar-refractivity contribution in [1.29, 1.82) is 0 Å². The van der Waals surface area contributed by atoms with E-state index in [2.05, 4.69) is 15.0 Å². The van der Waals surface area contributed by atoms with Gasteiger partial charge in [-0.1, -0.05) is 36.4 Å². The number of benzene rings is 3. The number of hydrogen-bond donors (Lipinski definition) is 2. The van der Waals surface area contributed by atoms with Crippen LogP contribution < -0.4 is 24.2 Å². The van der Waals surface area contributed by atoms with Gasteiger partial charge in [-0.25, -0.2) is 4.72 Å². The van der Waals surface area contributed by atoms with E-state index in [4.69, 9.17) is 18.6 Å². The Labute approximate surface area is 199 Å². The molecule has 1 aromatic heterocycles. The summed E-state index contributed by atoms with van der Waals surface area (Å²) >= 11 is -2.25. The minimum absolute atomic E-state index is 0.324. The van der Waals surface area contributed by atoms with Gasteiger partial charge in [0.05, 0.1) is 21.3 Å². The molecule has 0 aliphatic heterocycles. The van der Waals surface area contributed by atoms with Crippen LogP contribution in [0.25, 0.3) is 22.2 Å². The van der Waals surface area contributed by atoms with Crippen LogP contribution >= 0.6 is 0 Å². The third-order valence-corrected chi connectivity index (χ3v) is 5.67. The van der Waals surface area contributed by atoms with Gasteiger partial charge in [-0.2, -0.15) is 4.98 Å². The first kappa shape index (κ1) is 23.6. The maximum atomic E-state index is 10.6. The second kappa shape index (κ2) is 10.6. The van der Waals surface area contributed by atoms with Crippen molar-refractivity contribution in [1.82, 2.24) is 9.71 Å². The fourth-order valence-electron chi connectivity index (χ4n) is 3.64. The number of nitrogens with zero attached hydrogens (tertiary/aromatic N) is 1. The molecular formula is C24H24N3O6S-. The predicted molar refractivity (Wildman–Crippen MR) is 129 cm³/mol. The van der Waals surface area contributed by atoms with Gasteiger partial charge in [0, 0.05) is 41.2 Å². The van der Waals surface area contributed by atoms with Crippen molar-refractivity contribution >= 4 is 34.1 Å². The quantitative estimate of drug-likeness (QED) is 0.323. The average Bonchev–Trinajstić information content (AvgIpc) is 3.26. The molecule has 0 radical (unpaired) electrons. The van der Waals surface area contributed by atoms with Crippen molar-refractivity contribution in [3.05, 3.63) is 60.2 Å². The summed E-state index contributed by atoms with van der Waals surface area (Å²) in [6, 6.07) is 17.5. The van der Waals surface area contributed by atoms with Crippen LogP contribution in [0.1, 0.15) is 5.56 Å². The molecule has 1 atom stereocenters. The highest BCUT2D eigenvalue weighted by molar-refractivity contribution is 7.77. The molecule has 0 amide bonds. The van der Waals surface area contributed by atoms with Gasteiger partial charge in [0.1, 0.15) is 5.52 Å². The van der Waals surface area contributed by atoms with E-state index in [-0.39, 0.29) is 0 Å². The zero-order valence-corrected chi connectivity index (χ0v) is 19.7. The third-order valence-electron chi connectivity index (χ3n) is 5.23. The largest absolute Gasteiger partial charge is 0.760 e. The van der Waals surface area contributed by atoms with E-state index in [9.17, 15) is 8.76 Å². The maximum Gasteiger partial charge on any atom is 0.300 e. The number of para-hydroxylation sites is 1. The molecule has 0 aliphatic rings. The Morgan fingerprint density at radius 3 is 2.32 bits per heavy atom. The van der Waals surface area contributed by atoms with E-state index in [1.807, 2.05) is 42.5 Å². The molecule has 0 fully saturated rings. The molecule has 10 heteroatoms. The van der Waals surface area contributed by atoms with Crippen molar-refractivity contribution < 1.29 is 27.4 Å². The molecule has 2 N–H and O–H groups in total. The van der Waals surface area contributed by atoms with Crippen molar-refractivity contribution in [3.8, 4) is 28.4 Å². The van der Waals surface area contributed by atoms with Crippen molar-refractivity contribution in [2.75, 3.05) is 33.2 Å². The predicted octanol–water partition coefficient (Wildman–Crippen LogP) is 4.19. The summed E-state index contributed by atoms with van der Waals surface area (Å²) < 4.78 is 45.9. The fraction of sp³-hybridized carbons (Fsp3) is 0.208. The zero-order valence-electron chi connectivity index (χ0n) is 18.9.